The summed E-state index contributed by atoms with van der Waals surface area (Å²) >= 11 is 0.950. The molecule has 6 aromatic rings. The number of methoxy groups -OCH3 is 1. The number of aromatic nitrogens is 8. The molecule has 330 valence electrons. The number of nitrogens with zero attached hydrogens (tertiary/aromatic N) is 7. The highest BCUT2D eigenvalue weighted by atomic mass is 32.7. The van der Waals surface area contributed by atoms with Gasteiger partial charge in [-0.3, -0.25) is 28.0 Å². The van der Waals surface area contributed by atoms with Crippen molar-refractivity contribution in [1.29, 1.82) is 0 Å². The molecule has 8 N–H and O–H groups in total. The molecule has 2 saturated carbocycles. The van der Waals surface area contributed by atoms with Gasteiger partial charge in [-0.1, -0.05) is 23.5 Å². The minimum Gasteiger partial charge on any atom is -0.508 e. The monoisotopic (exact) mass is 924 g/mol. The predicted octanol–water partition coefficient (Wildman–Crippen LogP) is 2.91. The molecule has 63 heavy (non-hydrogen) atoms. The van der Waals surface area contributed by atoms with E-state index in [-0.39, 0.29) is 45.7 Å². The van der Waals surface area contributed by atoms with Gasteiger partial charge >= 0.3 is 13.8 Å². The van der Waals surface area contributed by atoms with E-state index in [1.165, 1.54) is 54.9 Å². The first-order valence-corrected chi connectivity index (χ1v) is 24.1. The van der Waals surface area contributed by atoms with Gasteiger partial charge in [-0.25, -0.2) is 29.3 Å². The summed E-state index contributed by atoms with van der Waals surface area (Å²) < 4.78 is 68.8. The van der Waals surface area contributed by atoms with Crippen LogP contribution in [0.1, 0.15) is 34.6 Å². The van der Waals surface area contributed by atoms with E-state index >= 15 is 4.57 Å². The number of rotatable bonds is 8. The molecule has 11 atom stereocenters. The Balaban J connectivity index is 1.00. The van der Waals surface area contributed by atoms with Crippen LogP contribution in [-0.2, 0) is 37.9 Å². The van der Waals surface area contributed by atoms with Crippen LogP contribution in [0.4, 0.5) is 11.8 Å². The Morgan fingerprint density at radius 1 is 1.02 bits per heavy atom. The number of anilines is 2. The average molecular weight is 925 g/mol. The number of phenolic OH excluding ortho intramolecular Hbond substituents is 1. The summed E-state index contributed by atoms with van der Waals surface area (Å²) in [5, 5.41) is 22.0. The van der Waals surface area contributed by atoms with Crippen molar-refractivity contribution in [3.63, 3.8) is 0 Å². The topological polar surface area (TPSA) is 326 Å². The van der Waals surface area contributed by atoms with Crippen LogP contribution in [0.5, 0.6) is 11.5 Å². The molecule has 23 nitrogen and oxygen atoms in total. The lowest BCUT2D eigenvalue weighted by Crippen LogP contribution is -2.40. The SMILES string of the molecule is CO[C@H]1[C@H]2OP(=O)(O)OCC34C[C@@H]3[C@@H](n3cnc5c(N)ncnc53)[C@H](O)[C@@H]4P(=O)(SCc3ccc(OC(=O)c4ccc(O)cc4)cc3)OC[C@H]1O[C@H]2n1cnc2c(=O)[nH]c(N)nc21. The first-order chi connectivity index (χ1) is 30.2. The summed E-state index contributed by atoms with van der Waals surface area (Å²) in [6.45, 7) is -5.10. The van der Waals surface area contributed by atoms with Crippen LogP contribution in [0.25, 0.3) is 22.3 Å². The smallest absolute Gasteiger partial charge is 0.472 e. The highest BCUT2D eigenvalue weighted by Crippen LogP contribution is 2.82. The van der Waals surface area contributed by atoms with Crippen molar-refractivity contribution in [2.45, 2.75) is 54.5 Å². The van der Waals surface area contributed by atoms with Gasteiger partial charge in [-0.05, 0) is 54.3 Å². The molecular weight excluding hydrogens is 886 g/mol. The van der Waals surface area contributed by atoms with Crippen LogP contribution < -0.4 is 21.8 Å². The number of benzene rings is 2. The second kappa shape index (κ2) is 15.5. The molecule has 2 bridgehead atoms. The zero-order chi connectivity index (χ0) is 44.0. The molecule has 6 heterocycles. The number of carbonyl (C=O) groups is 1. The summed E-state index contributed by atoms with van der Waals surface area (Å²) in [6.07, 6.45) is -2.15. The average Bonchev–Trinajstić information content (AvgIpc) is 3.58. The normalized spacial score (nSPS) is 32.7. The van der Waals surface area contributed by atoms with Gasteiger partial charge in [-0.15, -0.1) is 0 Å². The lowest BCUT2D eigenvalue weighted by molar-refractivity contribution is -0.0487. The number of aliphatic hydroxyl groups is 1. The molecule has 1 spiro atoms. The Labute approximate surface area is 358 Å². The number of phenols is 1. The number of aromatic amines is 1. The van der Waals surface area contributed by atoms with Crippen molar-refractivity contribution in [3.8, 4) is 11.5 Å². The number of hydrogen-bond acceptors (Lipinski definition) is 20. The molecular formula is C37H38N10O13P2S. The molecule has 10 rings (SSSR count). The summed E-state index contributed by atoms with van der Waals surface area (Å²) in [5.74, 6) is -0.916. The lowest BCUT2D eigenvalue weighted by Gasteiger charge is -2.35. The van der Waals surface area contributed by atoms with E-state index in [1.807, 2.05) is 0 Å². The van der Waals surface area contributed by atoms with Crippen LogP contribution in [0.2, 0.25) is 0 Å². The second-order valence-corrected chi connectivity index (χ2v) is 21.7. The fraction of sp³-hybridized carbons (Fsp3) is 0.378. The number of aliphatic hydroxyl groups excluding tert-OH is 1. The largest absolute Gasteiger partial charge is 0.508 e. The zero-order valence-corrected chi connectivity index (χ0v) is 35.4. The maximum Gasteiger partial charge on any atom is 0.472 e. The fourth-order valence-electron chi connectivity index (χ4n) is 9.05. The quantitative estimate of drug-likeness (QED) is 0.0726. The molecule has 4 fully saturated rings. The fourth-order valence-corrected chi connectivity index (χ4v) is 15.8. The van der Waals surface area contributed by atoms with E-state index in [2.05, 4.69) is 29.9 Å². The second-order valence-electron chi connectivity index (χ2n) is 15.6. The van der Waals surface area contributed by atoms with Gasteiger partial charge in [0.05, 0.1) is 49.2 Å². The van der Waals surface area contributed by atoms with Gasteiger partial charge in [0.2, 0.25) is 5.95 Å². The van der Waals surface area contributed by atoms with Crippen LogP contribution in [0.15, 0.2) is 72.3 Å². The summed E-state index contributed by atoms with van der Waals surface area (Å²) in [4.78, 5) is 60.3. The van der Waals surface area contributed by atoms with Gasteiger partial charge in [-0.2, -0.15) is 4.98 Å². The summed E-state index contributed by atoms with van der Waals surface area (Å²) in [7, 11) is -3.71. The number of H-pyrrole nitrogens is 1. The number of imidazole rings is 2. The highest BCUT2D eigenvalue weighted by Gasteiger charge is 2.76. The highest BCUT2D eigenvalue weighted by molar-refractivity contribution is 8.56. The Morgan fingerprint density at radius 3 is 2.52 bits per heavy atom. The van der Waals surface area contributed by atoms with Gasteiger partial charge in [0, 0.05) is 18.3 Å². The summed E-state index contributed by atoms with van der Waals surface area (Å²) in [5.41, 5.74) is 10.3. The standard InChI is InChI=1S/C37H38N10O13P2S/c1-55-27-22-11-56-61(52,63-12-17-2-8-20(9-3-17)58-35(51)18-4-6-19(48)7-5-18)29-26(49)25(46-15-42-23-30(38)40-14-41-31(23)46)21-10-37(21,29)13-57-62(53,54)60-28(27)34(59-22)47-16-43-24-32(47)44-36(39)45-33(24)50/h2-9,14-16,21-22,25-29,34,48-49H,10-13H2,1H3,(H,53,54)(H2,38,40,41)(H3,39,44,45,50)/t21-,22-,25-,26+,27-,28-,29+,34-,37?,61?/m1/s1. The number of aromatic hydroxyl groups is 1. The van der Waals surface area contributed by atoms with E-state index in [9.17, 15) is 29.3 Å². The van der Waals surface area contributed by atoms with E-state index in [1.54, 1.807) is 28.8 Å². The third kappa shape index (κ3) is 7.19. The number of phosphoric ester groups is 1. The zero-order valence-electron chi connectivity index (χ0n) is 32.8. The number of carbonyl (C=O) groups excluding carboxylic acids is 1. The van der Waals surface area contributed by atoms with Crippen LogP contribution in [0, 0.1) is 11.3 Å². The van der Waals surface area contributed by atoms with Crippen molar-refractivity contribution >= 4 is 65.8 Å². The number of nitrogen functional groups attached to an aromatic ring is 2. The molecule has 2 saturated heterocycles. The number of hydrogen-bond donors (Lipinski definition) is 6. The van der Waals surface area contributed by atoms with Crippen LogP contribution in [0.3, 0.4) is 0 Å². The molecule has 2 aromatic carbocycles. The van der Waals surface area contributed by atoms with Gasteiger partial charge < -0.3 is 49.9 Å². The van der Waals surface area contributed by atoms with E-state index in [0.717, 1.165) is 11.4 Å². The van der Waals surface area contributed by atoms with Crippen molar-refractivity contribution in [2.75, 3.05) is 31.8 Å². The Bertz CT molecular complexity index is 2920. The van der Waals surface area contributed by atoms with Crippen LogP contribution >= 0.6 is 25.8 Å². The van der Waals surface area contributed by atoms with Gasteiger partial charge in [0.1, 0.15) is 41.7 Å². The predicted molar refractivity (Wildman–Crippen MR) is 221 cm³/mol. The maximum atomic E-state index is 15.9. The summed E-state index contributed by atoms with van der Waals surface area (Å²) in [6, 6.07) is 11.3. The first-order valence-electron chi connectivity index (χ1n) is 19.3. The molecule has 4 aliphatic rings. The number of nitrogens with one attached hydrogen (secondary N) is 1. The molecule has 0 radical (unpaired) electrons. The minimum atomic E-state index is -5.03. The Morgan fingerprint density at radius 2 is 1.76 bits per heavy atom. The Kier molecular flexibility index (Phi) is 10.2. The van der Waals surface area contributed by atoms with Crippen molar-refractivity contribution in [2.24, 2.45) is 11.3 Å². The van der Waals surface area contributed by atoms with Gasteiger partial charge in [0.25, 0.3) is 12.1 Å². The number of phosphoric acid groups is 1. The lowest BCUT2D eigenvalue weighted by atomic mass is 10.0. The van der Waals surface area contributed by atoms with Crippen molar-refractivity contribution < 1.29 is 56.8 Å². The van der Waals surface area contributed by atoms with E-state index < -0.39 is 92.8 Å². The molecule has 2 aliphatic heterocycles. The third-order valence-corrected chi connectivity index (χ3v) is 18.3. The van der Waals surface area contributed by atoms with Crippen LogP contribution in [-0.4, -0.2) is 111 Å². The van der Waals surface area contributed by atoms with Gasteiger partial charge in [0.15, 0.2) is 28.9 Å². The van der Waals surface area contributed by atoms with Crippen molar-refractivity contribution in [1.82, 2.24) is 39.0 Å². The van der Waals surface area contributed by atoms with Crippen molar-refractivity contribution in [3.05, 3.63) is 89.0 Å². The molecule has 0 amide bonds. The van der Waals surface area contributed by atoms with E-state index in [4.69, 9.17) is 39.2 Å². The number of nitrogens with two attached hydrogens (primary N) is 2. The van der Waals surface area contributed by atoms with E-state index in [0.29, 0.717) is 23.1 Å². The number of esters is 1. The number of ether oxygens (including phenoxy) is 3. The Hall–Kier alpha value is -5.26. The molecule has 3 unspecified atom stereocenters. The molecule has 26 heteroatoms. The molecule has 2 aliphatic carbocycles. The minimum absolute atomic E-state index is 0.000167. The maximum absolute atomic E-state index is 15.9. The third-order valence-electron chi connectivity index (χ3n) is 12.0. The molecule has 4 aromatic heterocycles. The number of fused-ring (bicyclic) bond motifs is 4. The first kappa shape index (κ1) is 41.7.